The van der Waals surface area contributed by atoms with Crippen molar-refractivity contribution < 1.29 is 9.21 Å². The number of furan rings is 1. The number of hydrogen-bond donors (Lipinski definition) is 1. The van der Waals surface area contributed by atoms with Crippen molar-refractivity contribution in [3.05, 3.63) is 84.1 Å². The van der Waals surface area contributed by atoms with Gasteiger partial charge in [0, 0.05) is 0 Å². The monoisotopic (exact) mass is 429 g/mol. The predicted molar refractivity (Wildman–Crippen MR) is 118 cm³/mol. The molecular weight excluding hydrogens is 410 g/mol. The summed E-state index contributed by atoms with van der Waals surface area (Å²) in [5.41, 5.74) is 1.99. The van der Waals surface area contributed by atoms with E-state index in [9.17, 15) is 10.1 Å². The van der Waals surface area contributed by atoms with E-state index in [1.165, 1.54) is 11.8 Å². The number of nitrogens with one attached hydrogen (secondary N) is 1. The minimum atomic E-state index is -0.463. The molecule has 0 aliphatic carbocycles. The van der Waals surface area contributed by atoms with E-state index in [0.29, 0.717) is 34.5 Å². The van der Waals surface area contributed by atoms with Crippen molar-refractivity contribution in [1.29, 1.82) is 5.26 Å². The van der Waals surface area contributed by atoms with Gasteiger partial charge in [-0.25, -0.2) is 0 Å². The molecule has 0 saturated heterocycles. The third-order valence-corrected chi connectivity index (χ3v) is 5.68. The number of carbonyl (C=O) groups excluding carboxylic acids is 1. The van der Waals surface area contributed by atoms with Crippen molar-refractivity contribution in [2.45, 2.75) is 23.9 Å². The number of rotatable bonds is 7. The van der Waals surface area contributed by atoms with Gasteiger partial charge in [0.1, 0.15) is 6.07 Å². The Morgan fingerprint density at radius 1 is 1.13 bits per heavy atom. The molecule has 0 fully saturated rings. The average Bonchev–Trinajstić information content (AvgIpc) is 3.45. The smallest absolute Gasteiger partial charge is 0.237 e. The maximum atomic E-state index is 12.8. The standard InChI is InChI=1S/C23H19N5O2S/c1-16(22(29)25-19-11-6-5-10-18(19)14-24)31-23-27-26-21(20-12-7-13-30-20)28(23)15-17-8-3-2-4-9-17/h2-13,16H,15H2,1H3,(H,25,29). The largest absolute Gasteiger partial charge is 0.461 e. The predicted octanol–water partition coefficient (Wildman–Crippen LogP) is 4.58. The van der Waals surface area contributed by atoms with Gasteiger partial charge in [-0.2, -0.15) is 5.26 Å². The van der Waals surface area contributed by atoms with Gasteiger partial charge in [-0.3, -0.25) is 9.36 Å². The fraction of sp³-hybridized carbons (Fsp3) is 0.130. The fourth-order valence-corrected chi connectivity index (χ4v) is 3.86. The zero-order chi connectivity index (χ0) is 21.6. The van der Waals surface area contributed by atoms with Gasteiger partial charge in [-0.15, -0.1) is 10.2 Å². The Balaban J connectivity index is 1.57. The highest BCUT2D eigenvalue weighted by atomic mass is 32.2. The lowest BCUT2D eigenvalue weighted by atomic mass is 10.2. The molecule has 1 atom stereocenters. The molecule has 0 aliphatic rings. The lowest BCUT2D eigenvalue weighted by Crippen LogP contribution is -2.23. The van der Waals surface area contributed by atoms with Crippen LogP contribution in [0.4, 0.5) is 5.69 Å². The van der Waals surface area contributed by atoms with Gasteiger partial charge in [0.25, 0.3) is 0 Å². The van der Waals surface area contributed by atoms with Crippen LogP contribution < -0.4 is 5.32 Å². The maximum Gasteiger partial charge on any atom is 0.237 e. The van der Waals surface area contributed by atoms with Crippen molar-refractivity contribution >= 4 is 23.4 Å². The van der Waals surface area contributed by atoms with E-state index in [1.807, 2.05) is 41.0 Å². The number of aromatic nitrogens is 3. The molecule has 1 amide bonds. The number of thioether (sulfide) groups is 1. The molecule has 0 bridgehead atoms. The fourth-order valence-electron chi connectivity index (χ4n) is 3.01. The minimum absolute atomic E-state index is 0.221. The van der Waals surface area contributed by atoms with E-state index in [1.54, 1.807) is 43.5 Å². The molecule has 4 aromatic rings. The number of nitriles is 1. The van der Waals surface area contributed by atoms with Crippen molar-refractivity contribution in [2.24, 2.45) is 0 Å². The molecule has 7 nitrogen and oxygen atoms in total. The Bertz CT molecular complexity index is 1210. The first-order chi connectivity index (χ1) is 15.2. The van der Waals surface area contributed by atoms with Crippen LogP contribution in [0.15, 0.2) is 82.6 Å². The molecule has 0 radical (unpaired) electrons. The quantitative estimate of drug-likeness (QED) is 0.432. The molecule has 2 aromatic carbocycles. The summed E-state index contributed by atoms with van der Waals surface area (Å²) in [7, 11) is 0. The molecular formula is C23H19N5O2S. The average molecular weight is 430 g/mol. The topological polar surface area (TPSA) is 96.7 Å². The Labute approximate surface area is 183 Å². The maximum absolute atomic E-state index is 12.8. The molecule has 0 spiro atoms. The van der Waals surface area contributed by atoms with Crippen LogP contribution in [-0.4, -0.2) is 25.9 Å². The van der Waals surface area contributed by atoms with E-state index in [-0.39, 0.29) is 5.91 Å². The summed E-state index contributed by atoms with van der Waals surface area (Å²) in [6, 6.07) is 22.6. The van der Waals surface area contributed by atoms with E-state index in [4.69, 9.17) is 4.42 Å². The normalized spacial score (nSPS) is 11.6. The number of anilines is 1. The van der Waals surface area contributed by atoms with Crippen LogP contribution in [0, 0.1) is 11.3 Å². The number of nitrogens with zero attached hydrogens (tertiary/aromatic N) is 4. The third-order valence-electron chi connectivity index (χ3n) is 4.60. The van der Waals surface area contributed by atoms with Gasteiger partial charge in [-0.1, -0.05) is 54.2 Å². The summed E-state index contributed by atoms with van der Waals surface area (Å²) in [5, 5.41) is 20.8. The molecule has 154 valence electrons. The molecule has 31 heavy (non-hydrogen) atoms. The number of amides is 1. The third kappa shape index (κ3) is 4.68. The van der Waals surface area contributed by atoms with Crippen LogP contribution in [0.3, 0.4) is 0 Å². The summed E-state index contributed by atoms with van der Waals surface area (Å²) in [4.78, 5) is 12.8. The van der Waals surface area contributed by atoms with E-state index in [0.717, 1.165) is 5.56 Å². The summed E-state index contributed by atoms with van der Waals surface area (Å²) in [6.45, 7) is 2.33. The summed E-state index contributed by atoms with van der Waals surface area (Å²) in [6.07, 6.45) is 1.59. The second kappa shape index (κ2) is 9.32. The first-order valence-electron chi connectivity index (χ1n) is 9.63. The first kappa shape index (κ1) is 20.4. The van der Waals surface area contributed by atoms with Crippen LogP contribution in [0.2, 0.25) is 0 Å². The van der Waals surface area contributed by atoms with Crippen molar-refractivity contribution in [3.63, 3.8) is 0 Å². The second-order valence-corrected chi connectivity index (χ2v) is 8.07. The van der Waals surface area contributed by atoms with Crippen LogP contribution in [0.25, 0.3) is 11.6 Å². The molecule has 1 unspecified atom stereocenters. The molecule has 8 heteroatoms. The molecule has 2 heterocycles. The van der Waals surface area contributed by atoms with Gasteiger partial charge in [0.05, 0.1) is 29.3 Å². The number of para-hydroxylation sites is 1. The summed E-state index contributed by atoms with van der Waals surface area (Å²) < 4.78 is 7.46. The summed E-state index contributed by atoms with van der Waals surface area (Å²) >= 11 is 1.30. The van der Waals surface area contributed by atoms with Gasteiger partial charge in [-0.05, 0) is 36.8 Å². The molecule has 4 rings (SSSR count). The Hall–Kier alpha value is -3.83. The van der Waals surface area contributed by atoms with Gasteiger partial charge >= 0.3 is 0 Å². The van der Waals surface area contributed by atoms with E-state index in [2.05, 4.69) is 21.6 Å². The van der Waals surface area contributed by atoms with Crippen LogP contribution in [0.5, 0.6) is 0 Å². The van der Waals surface area contributed by atoms with Gasteiger partial charge in [0.2, 0.25) is 11.7 Å². The molecule has 0 aliphatic heterocycles. The Morgan fingerprint density at radius 3 is 2.65 bits per heavy atom. The zero-order valence-corrected chi connectivity index (χ0v) is 17.5. The van der Waals surface area contributed by atoms with E-state index < -0.39 is 5.25 Å². The van der Waals surface area contributed by atoms with Crippen LogP contribution in [-0.2, 0) is 11.3 Å². The zero-order valence-electron chi connectivity index (χ0n) is 16.7. The highest BCUT2D eigenvalue weighted by Gasteiger charge is 2.22. The van der Waals surface area contributed by atoms with Crippen LogP contribution in [0.1, 0.15) is 18.1 Å². The minimum Gasteiger partial charge on any atom is -0.461 e. The summed E-state index contributed by atoms with van der Waals surface area (Å²) in [5.74, 6) is 0.982. The number of benzene rings is 2. The van der Waals surface area contributed by atoms with Crippen LogP contribution >= 0.6 is 11.8 Å². The van der Waals surface area contributed by atoms with E-state index >= 15 is 0 Å². The highest BCUT2D eigenvalue weighted by Crippen LogP contribution is 2.29. The van der Waals surface area contributed by atoms with Gasteiger partial charge < -0.3 is 9.73 Å². The second-order valence-electron chi connectivity index (χ2n) is 6.76. The van der Waals surface area contributed by atoms with Crippen molar-refractivity contribution in [3.8, 4) is 17.7 Å². The Kier molecular flexibility index (Phi) is 6.15. The van der Waals surface area contributed by atoms with Crippen molar-refractivity contribution in [2.75, 3.05) is 5.32 Å². The van der Waals surface area contributed by atoms with Gasteiger partial charge in [0.15, 0.2) is 10.9 Å². The molecule has 0 saturated carbocycles. The highest BCUT2D eigenvalue weighted by molar-refractivity contribution is 8.00. The number of carbonyl (C=O) groups is 1. The SMILES string of the molecule is CC(Sc1nnc(-c2ccco2)n1Cc1ccccc1)C(=O)Nc1ccccc1C#N. The lowest BCUT2D eigenvalue weighted by molar-refractivity contribution is -0.115. The van der Waals surface area contributed by atoms with Crippen molar-refractivity contribution in [1.82, 2.24) is 14.8 Å². The Morgan fingerprint density at radius 2 is 1.90 bits per heavy atom. The number of hydrogen-bond acceptors (Lipinski definition) is 6. The molecule has 2 aromatic heterocycles. The molecule has 1 N–H and O–H groups in total. The lowest BCUT2D eigenvalue weighted by Gasteiger charge is -2.14. The first-order valence-corrected chi connectivity index (χ1v) is 10.5.